The van der Waals surface area contributed by atoms with Crippen LogP contribution in [-0.2, 0) is 0 Å². The lowest BCUT2D eigenvalue weighted by Crippen LogP contribution is -2.03. The van der Waals surface area contributed by atoms with E-state index in [0.29, 0.717) is 17.5 Å². The number of rotatable bonds is 5. The molecule has 0 aliphatic rings. The van der Waals surface area contributed by atoms with Crippen LogP contribution >= 0.6 is 0 Å². The molecule has 0 spiro atoms. The van der Waals surface area contributed by atoms with Crippen LogP contribution in [0.3, 0.4) is 0 Å². The predicted molar refractivity (Wildman–Crippen MR) is 84.0 cm³/mol. The standard InChI is InChI=1S/C18H16N2O2/c1-14(15-7-3-2-4-8-15)21-16-10-12-20-18(13-16)22-17-9-5-6-11-19-17/h2-14H,1H3. The molecular weight excluding hydrogens is 276 g/mol. The average Bonchev–Trinajstić information content (AvgIpc) is 2.57. The fourth-order valence-corrected chi connectivity index (χ4v) is 2.03. The summed E-state index contributed by atoms with van der Waals surface area (Å²) in [6, 6.07) is 19.1. The lowest BCUT2D eigenvalue weighted by atomic mass is 10.1. The summed E-state index contributed by atoms with van der Waals surface area (Å²) in [7, 11) is 0. The third-order valence-corrected chi connectivity index (χ3v) is 3.14. The van der Waals surface area contributed by atoms with Crippen LogP contribution in [0.25, 0.3) is 0 Å². The van der Waals surface area contributed by atoms with Crippen molar-refractivity contribution in [1.29, 1.82) is 0 Å². The Bertz CT molecular complexity index is 717. The van der Waals surface area contributed by atoms with E-state index in [2.05, 4.69) is 9.97 Å². The van der Waals surface area contributed by atoms with Crippen LogP contribution in [0.15, 0.2) is 73.1 Å². The van der Waals surface area contributed by atoms with Crippen LogP contribution in [0.2, 0.25) is 0 Å². The summed E-state index contributed by atoms with van der Waals surface area (Å²) in [5, 5.41) is 0. The van der Waals surface area contributed by atoms with E-state index in [1.165, 1.54) is 0 Å². The molecule has 1 atom stereocenters. The Hall–Kier alpha value is -2.88. The van der Waals surface area contributed by atoms with E-state index in [0.717, 1.165) is 5.56 Å². The molecule has 4 nitrogen and oxygen atoms in total. The molecule has 0 radical (unpaired) electrons. The van der Waals surface area contributed by atoms with Gasteiger partial charge in [0.05, 0.1) is 0 Å². The molecule has 1 unspecified atom stereocenters. The SMILES string of the molecule is CC(Oc1ccnc(Oc2ccccn2)c1)c1ccccc1. The van der Waals surface area contributed by atoms with Crippen molar-refractivity contribution in [3.8, 4) is 17.5 Å². The highest BCUT2D eigenvalue weighted by Gasteiger charge is 2.08. The number of benzene rings is 1. The van der Waals surface area contributed by atoms with Gasteiger partial charge in [-0.15, -0.1) is 0 Å². The van der Waals surface area contributed by atoms with Gasteiger partial charge in [-0.2, -0.15) is 0 Å². The largest absolute Gasteiger partial charge is 0.486 e. The minimum Gasteiger partial charge on any atom is -0.486 e. The summed E-state index contributed by atoms with van der Waals surface area (Å²) < 4.78 is 11.5. The topological polar surface area (TPSA) is 44.2 Å². The quantitative estimate of drug-likeness (QED) is 0.698. The number of pyridine rings is 2. The molecule has 4 heteroatoms. The zero-order valence-corrected chi connectivity index (χ0v) is 12.2. The smallest absolute Gasteiger partial charge is 0.224 e. The van der Waals surface area contributed by atoms with Gasteiger partial charge in [0.1, 0.15) is 11.9 Å². The van der Waals surface area contributed by atoms with Crippen LogP contribution in [0, 0.1) is 0 Å². The molecule has 110 valence electrons. The van der Waals surface area contributed by atoms with Gasteiger partial charge < -0.3 is 9.47 Å². The third-order valence-electron chi connectivity index (χ3n) is 3.14. The van der Waals surface area contributed by atoms with Crippen molar-refractivity contribution in [2.24, 2.45) is 0 Å². The Morgan fingerprint density at radius 2 is 1.59 bits per heavy atom. The molecule has 0 amide bonds. The lowest BCUT2D eigenvalue weighted by Gasteiger charge is -2.15. The maximum absolute atomic E-state index is 5.94. The van der Waals surface area contributed by atoms with E-state index in [4.69, 9.17) is 9.47 Å². The molecule has 1 aromatic carbocycles. The Morgan fingerprint density at radius 3 is 2.36 bits per heavy atom. The van der Waals surface area contributed by atoms with Gasteiger partial charge in [0.25, 0.3) is 0 Å². The summed E-state index contributed by atoms with van der Waals surface area (Å²) in [6.07, 6.45) is 3.28. The van der Waals surface area contributed by atoms with Crippen LogP contribution in [0.5, 0.6) is 17.5 Å². The van der Waals surface area contributed by atoms with Crippen LogP contribution < -0.4 is 9.47 Å². The summed E-state index contributed by atoms with van der Waals surface area (Å²) in [5.41, 5.74) is 1.12. The van der Waals surface area contributed by atoms with Gasteiger partial charge in [-0.1, -0.05) is 36.4 Å². The molecule has 2 aromatic heterocycles. The summed E-state index contributed by atoms with van der Waals surface area (Å²) in [6.45, 7) is 2.01. The third kappa shape index (κ3) is 3.61. The van der Waals surface area contributed by atoms with Crippen molar-refractivity contribution in [3.63, 3.8) is 0 Å². The van der Waals surface area contributed by atoms with E-state index >= 15 is 0 Å². The molecule has 0 saturated heterocycles. The molecule has 0 bridgehead atoms. The van der Waals surface area contributed by atoms with E-state index in [9.17, 15) is 0 Å². The average molecular weight is 292 g/mol. The first-order valence-electron chi connectivity index (χ1n) is 7.08. The van der Waals surface area contributed by atoms with E-state index in [-0.39, 0.29) is 6.10 Å². The molecule has 0 fully saturated rings. The van der Waals surface area contributed by atoms with Crippen molar-refractivity contribution in [3.05, 3.63) is 78.6 Å². The van der Waals surface area contributed by atoms with Crippen LogP contribution in [0.1, 0.15) is 18.6 Å². The molecular formula is C18H16N2O2. The molecule has 0 aliphatic heterocycles. The van der Waals surface area contributed by atoms with Crippen molar-refractivity contribution >= 4 is 0 Å². The highest BCUT2D eigenvalue weighted by Crippen LogP contribution is 2.25. The maximum Gasteiger partial charge on any atom is 0.224 e. The van der Waals surface area contributed by atoms with Gasteiger partial charge in [-0.05, 0) is 24.6 Å². The van der Waals surface area contributed by atoms with Crippen LogP contribution in [0.4, 0.5) is 0 Å². The zero-order chi connectivity index (χ0) is 15.2. The highest BCUT2D eigenvalue weighted by molar-refractivity contribution is 5.30. The van der Waals surface area contributed by atoms with E-state index < -0.39 is 0 Å². The second-order valence-corrected chi connectivity index (χ2v) is 4.77. The normalized spacial score (nSPS) is 11.7. The fraction of sp³-hybridized carbons (Fsp3) is 0.111. The van der Waals surface area contributed by atoms with Crippen molar-refractivity contribution in [1.82, 2.24) is 9.97 Å². The van der Waals surface area contributed by atoms with Gasteiger partial charge in [0.15, 0.2) is 0 Å². The maximum atomic E-state index is 5.94. The Balaban J connectivity index is 1.71. The van der Waals surface area contributed by atoms with E-state index in [1.807, 2.05) is 55.5 Å². The summed E-state index contributed by atoms with van der Waals surface area (Å²) in [5.74, 6) is 1.66. The second-order valence-electron chi connectivity index (χ2n) is 4.77. The minimum absolute atomic E-state index is 0.0497. The van der Waals surface area contributed by atoms with Crippen LogP contribution in [-0.4, -0.2) is 9.97 Å². The number of nitrogens with zero attached hydrogens (tertiary/aromatic N) is 2. The molecule has 0 saturated carbocycles. The molecule has 3 aromatic rings. The van der Waals surface area contributed by atoms with Crippen molar-refractivity contribution in [2.45, 2.75) is 13.0 Å². The number of hydrogen-bond acceptors (Lipinski definition) is 4. The van der Waals surface area contributed by atoms with Crippen molar-refractivity contribution in [2.75, 3.05) is 0 Å². The molecule has 22 heavy (non-hydrogen) atoms. The number of ether oxygens (including phenoxy) is 2. The highest BCUT2D eigenvalue weighted by atomic mass is 16.5. The Kier molecular flexibility index (Phi) is 4.30. The van der Waals surface area contributed by atoms with Gasteiger partial charge in [-0.3, -0.25) is 0 Å². The Morgan fingerprint density at radius 1 is 0.818 bits per heavy atom. The number of aromatic nitrogens is 2. The van der Waals surface area contributed by atoms with E-state index in [1.54, 1.807) is 24.5 Å². The predicted octanol–water partition coefficient (Wildman–Crippen LogP) is 4.41. The molecule has 0 N–H and O–H groups in total. The first-order valence-corrected chi connectivity index (χ1v) is 7.08. The lowest BCUT2D eigenvalue weighted by molar-refractivity contribution is 0.225. The monoisotopic (exact) mass is 292 g/mol. The van der Waals surface area contributed by atoms with Gasteiger partial charge in [0.2, 0.25) is 11.8 Å². The molecule has 3 rings (SSSR count). The number of hydrogen-bond donors (Lipinski definition) is 0. The first-order chi connectivity index (χ1) is 10.8. The zero-order valence-electron chi connectivity index (χ0n) is 12.2. The van der Waals surface area contributed by atoms with Crippen molar-refractivity contribution < 1.29 is 9.47 Å². The second kappa shape index (κ2) is 6.72. The molecule has 0 aliphatic carbocycles. The first kappa shape index (κ1) is 14.1. The Labute approximate surface area is 129 Å². The molecule has 2 heterocycles. The minimum atomic E-state index is -0.0497. The van der Waals surface area contributed by atoms with Gasteiger partial charge >= 0.3 is 0 Å². The summed E-state index contributed by atoms with van der Waals surface area (Å²) in [4.78, 5) is 8.28. The summed E-state index contributed by atoms with van der Waals surface area (Å²) >= 11 is 0. The van der Waals surface area contributed by atoms with Gasteiger partial charge in [-0.25, -0.2) is 9.97 Å². The van der Waals surface area contributed by atoms with Gasteiger partial charge in [0, 0.05) is 24.5 Å². The fourth-order valence-electron chi connectivity index (χ4n) is 2.03.